The molecule has 0 spiro atoms. The second-order valence-electron chi connectivity index (χ2n) is 2.49. The van der Waals surface area contributed by atoms with Gasteiger partial charge in [-0.3, -0.25) is 4.79 Å². The average Bonchev–Trinajstić information content (AvgIpc) is 2.27. The molecule has 0 N–H and O–H groups in total. The number of nitrogens with zero attached hydrogens (tertiary/aromatic N) is 1. The highest BCUT2D eigenvalue weighted by Crippen LogP contribution is 1.89. The Hall–Kier alpha value is -1.44. The van der Waals surface area contributed by atoms with Crippen molar-refractivity contribution in [1.29, 1.82) is 0 Å². The summed E-state index contributed by atoms with van der Waals surface area (Å²) in [5.74, 6) is -0.175. The van der Waals surface area contributed by atoms with Crippen LogP contribution >= 0.6 is 0 Å². The Bertz CT molecular complexity index is 431. The maximum atomic E-state index is 10.8. The summed E-state index contributed by atoms with van der Waals surface area (Å²) in [5.41, 5.74) is 0.885. The maximum absolute atomic E-state index is 10.8. The standard InChI is InChI=1S/C9H6NO/c1-6-2-3-7-5-9(11)10-8(7)4-6/h2-5H,1H2. The fraction of sp³-hybridized carbons (Fsp3) is 0. The van der Waals surface area contributed by atoms with Gasteiger partial charge in [0.25, 0.3) is 5.91 Å². The number of carbonyl (C=O) groups excluding carboxylic acids is 1. The molecule has 53 valence electrons. The predicted molar refractivity (Wildman–Crippen MR) is 41.2 cm³/mol. The summed E-state index contributed by atoms with van der Waals surface area (Å²) >= 11 is 0. The summed E-state index contributed by atoms with van der Waals surface area (Å²) in [6.45, 7) is 3.74. The van der Waals surface area contributed by atoms with E-state index in [0.29, 0.717) is 0 Å². The van der Waals surface area contributed by atoms with Gasteiger partial charge in [-0.2, -0.15) is 0 Å². The van der Waals surface area contributed by atoms with Crippen LogP contribution in [0.4, 0.5) is 0 Å². The Morgan fingerprint density at radius 1 is 1.36 bits per heavy atom. The molecule has 2 heteroatoms. The van der Waals surface area contributed by atoms with Crippen molar-refractivity contribution in [2.45, 2.75) is 0 Å². The summed E-state index contributed by atoms with van der Waals surface area (Å²) < 4.78 is 0. The van der Waals surface area contributed by atoms with Crippen LogP contribution in [0.2, 0.25) is 0 Å². The highest BCUT2D eigenvalue weighted by atomic mass is 16.1. The minimum atomic E-state index is -0.175. The average molecular weight is 144 g/mol. The Labute approximate surface area is 63.9 Å². The van der Waals surface area contributed by atoms with Gasteiger partial charge < -0.3 is 0 Å². The zero-order valence-electron chi connectivity index (χ0n) is 5.87. The molecule has 2 nitrogen and oxygen atoms in total. The lowest BCUT2D eigenvalue weighted by Crippen LogP contribution is -2.20. The fourth-order valence-electron chi connectivity index (χ4n) is 1.09. The molecular weight excluding hydrogens is 138 g/mol. The van der Waals surface area contributed by atoms with E-state index in [-0.39, 0.29) is 5.91 Å². The highest BCUT2D eigenvalue weighted by molar-refractivity contribution is 6.06. The summed E-state index contributed by atoms with van der Waals surface area (Å²) in [5, 5.41) is 1.63. The smallest absolute Gasteiger partial charge is 0.267 e. The molecule has 0 unspecified atom stereocenters. The SMILES string of the molecule is [CH2]c1ccc2c(c1)=NC(=O)C=2. The minimum absolute atomic E-state index is 0.175. The topological polar surface area (TPSA) is 29.4 Å². The lowest BCUT2D eigenvalue weighted by Gasteiger charge is -1.86. The summed E-state index contributed by atoms with van der Waals surface area (Å²) in [7, 11) is 0. The molecule has 0 aliphatic carbocycles. The maximum Gasteiger partial charge on any atom is 0.270 e. The number of hydrogen-bond acceptors (Lipinski definition) is 1. The van der Waals surface area contributed by atoms with E-state index in [1.54, 1.807) is 6.07 Å². The van der Waals surface area contributed by atoms with Crippen molar-refractivity contribution >= 4 is 12.0 Å². The predicted octanol–water partition coefficient (Wildman–Crippen LogP) is -0.191. The molecule has 2 rings (SSSR count). The molecule has 1 aliphatic rings. The van der Waals surface area contributed by atoms with Crippen molar-refractivity contribution < 1.29 is 4.79 Å². The Kier molecular flexibility index (Phi) is 1.15. The molecular formula is C9H6NO. The Morgan fingerprint density at radius 3 is 3.00 bits per heavy atom. The number of carbonyl (C=O) groups is 1. The molecule has 1 amide bonds. The molecule has 0 saturated carbocycles. The van der Waals surface area contributed by atoms with Crippen molar-refractivity contribution in [2.75, 3.05) is 0 Å². The van der Waals surface area contributed by atoms with Crippen molar-refractivity contribution in [2.24, 2.45) is 4.99 Å². The van der Waals surface area contributed by atoms with E-state index in [2.05, 4.69) is 11.9 Å². The van der Waals surface area contributed by atoms with Gasteiger partial charge in [-0.15, -0.1) is 0 Å². The van der Waals surface area contributed by atoms with Crippen LogP contribution in [0.3, 0.4) is 0 Å². The second kappa shape index (κ2) is 2.02. The lowest BCUT2D eigenvalue weighted by atomic mass is 10.2. The van der Waals surface area contributed by atoms with E-state index >= 15 is 0 Å². The van der Waals surface area contributed by atoms with E-state index in [4.69, 9.17) is 0 Å². The van der Waals surface area contributed by atoms with Crippen LogP contribution in [-0.4, -0.2) is 5.91 Å². The van der Waals surface area contributed by atoms with E-state index in [1.807, 2.05) is 12.1 Å². The van der Waals surface area contributed by atoms with Crippen LogP contribution in [0, 0.1) is 6.92 Å². The Morgan fingerprint density at radius 2 is 2.18 bits per heavy atom. The molecule has 0 saturated heterocycles. The lowest BCUT2D eigenvalue weighted by molar-refractivity contribution is -0.112. The van der Waals surface area contributed by atoms with Gasteiger partial charge in [0.15, 0.2) is 0 Å². The zero-order chi connectivity index (χ0) is 7.84. The summed E-state index contributed by atoms with van der Waals surface area (Å²) in [6.07, 6.45) is 1.52. The first kappa shape index (κ1) is 6.28. The summed E-state index contributed by atoms with van der Waals surface area (Å²) in [6, 6.07) is 5.52. The zero-order valence-corrected chi connectivity index (χ0v) is 5.87. The number of rotatable bonds is 0. The molecule has 1 aliphatic heterocycles. The van der Waals surface area contributed by atoms with E-state index < -0.39 is 0 Å². The highest BCUT2D eigenvalue weighted by Gasteiger charge is 2.01. The first-order chi connectivity index (χ1) is 5.25. The first-order valence-corrected chi connectivity index (χ1v) is 3.32. The van der Waals surface area contributed by atoms with Crippen LogP contribution < -0.4 is 10.6 Å². The third-order valence-electron chi connectivity index (χ3n) is 1.60. The third kappa shape index (κ3) is 0.963. The van der Waals surface area contributed by atoms with Gasteiger partial charge in [0.05, 0.1) is 5.36 Å². The van der Waals surface area contributed by atoms with Crippen molar-refractivity contribution in [3.05, 3.63) is 41.3 Å². The fourth-order valence-corrected chi connectivity index (χ4v) is 1.09. The van der Waals surface area contributed by atoms with Crippen LogP contribution in [0.1, 0.15) is 5.56 Å². The van der Waals surface area contributed by atoms with Crippen molar-refractivity contribution in [3.8, 4) is 0 Å². The van der Waals surface area contributed by atoms with Crippen LogP contribution in [-0.2, 0) is 4.79 Å². The van der Waals surface area contributed by atoms with Crippen LogP contribution in [0.15, 0.2) is 23.2 Å². The third-order valence-corrected chi connectivity index (χ3v) is 1.60. The van der Waals surface area contributed by atoms with Crippen LogP contribution in [0.25, 0.3) is 6.08 Å². The largest absolute Gasteiger partial charge is 0.270 e. The first-order valence-electron chi connectivity index (χ1n) is 3.32. The minimum Gasteiger partial charge on any atom is -0.267 e. The van der Waals surface area contributed by atoms with E-state index in [9.17, 15) is 4.79 Å². The molecule has 1 aromatic rings. The molecule has 1 aromatic carbocycles. The van der Waals surface area contributed by atoms with Gasteiger partial charge in [-0.1, -0.05) is 12.1 Å². The Balaban J connectivity index is 2.89. The quantitative estimate of drug-likeness (QED) is 0.496. The van der Waals surface area contributed by atoms with Gasteiger partial charge in [0, 0.05) is 11.3 Å². The van der Waals surface area contributed by atoms with Crippen molar-refractivity contribution in [1.82, 2.24) is 0 Å². The van der Waals surface area contributed by atoms with Crippen LogP contribution in [0.5, 0.6) is 0 Å². The molecule has 0 aromatic heterocycles. The number of fused-ring (bicyclic) bond motifs is 1. The summed E-state index contributed by atoms with van der Waals surface area (Å²) in [4.78, 5) is 14.5. The van der Waals surface area contributed by atoms with Gasteiger partial charge >= 0.3 is 0 Å². The second-order valence-corrected chi connectivity index (χ2v) is 2.49. The van der Waals surface area contributed by atoms with Gasteiger partial charge in [0.2, 0.25) is 0 Å². The molecule has 1 heterocycles. The monoisotopic (exact) mass is 144 g/mol. The van der Waals surface area contributed by atoms with Gasteiger partial charge in [0.1, 0.15) is 0 Å². The molecule has 0 bridgehead atoms. The van der Waals surface area contributed by atoms with Gasteiger partial charge in [-0.25, -0.2) is 4.99 Å². The number of benzene rings is 1. The normalized spacial score (nSPS) is 13.7. The number of amides is 1. The van der Waals surface area contributed by atoms with Gasteiger partial charge in [-0.05, 0) is 18.6 Å². The molecule has 11 heavy (non-hydrogen) atoms. The molecule has 0 fully saturated rings. The van der Waals surface area contributed by atoms with Crippen molar-refractivity contribution in [3.63, 3.8) is 0 Å². The molecule has 1 radical (unpaired) electrons. The number of hydrogen-bond donors (Lipinski definition) is 0. The molecule has 0 atom stereocenters. The van der Waals surface area contributed by atoms with E-state index in [0.717, 1.165) is 16.1 Å². The van der Waals surface area contributed by atoms with E-state index in [1.165, 1.54) is 6.08 Å².